The van der Waals surface area contributed by atoms with Crippen LogP contribution in [0.1, 0.15) is 64.7 Å². The zero-order chi connectivity index (χ0) is 19.4. The summed E-state index contributed by atoms with van der Waals surface area (Å²) in [7, 11) is 0. The van der Waals surface area contributed by atoms with E-state index in [0.717, 1.165) is 19.3 Å². The second-order valence-corrected chi connectivity index (χ2v) is 6.95. The third-order valence-corrected chi connectivity index (χ3v) is 4.55. The number of hydrogen-bond acceptors (Lipinski definition) is 5. The Kier molecular flexibility index (Phi) is 11.4. The van der Waals surface area contributed by atoms with Crippen LogP contribution in [0.25, 0.3) is 0 Å². The lowest BCUT2D eigenvalue weighted by Crippen LogP contribution is -2.26. The zero-order valence-electron chi connectivity index (χ0n) is 15.7. The van der Waals surface area contributed by atoms with Crippen molar-refractivity contribution in [3.63, 3.8) is 0 Å². The van der Waals surface area contributed by atoms with Crippen LogP contribution in [0, 0.1) is 0 Å². The highest BCUT2D eigenvalue weighted by molar-refractivity contribution is 5.66. The van der Waals surface area contributed by atoms with Gasteiger partial charge in [-0.25, -0.2) is 0 Å². The highest BCUT2D eigenvalue weighted by Gasteiger charge is 2.36. The van der Waals surface area contributed by atoms with Gasteiger partial charge < -0.3 is 25.2 Å². The Balaban J connectivity index is 2.29. The van der Waals surface area contributed by atoms with Gasteiger partial charge in [0.1, 0.15) is 6.10 Å². The molecular weight excluding hydrogens is 336 g/mol. The smallest absolute Gasteiger partial charge is 0.303 e. The molecule has 6 heteroatoms. The van der Waals surface area contributed by atoms with Crippen LogP contribution in [0.2, 0.25) is 0 Å². The number of carboxylic acid groups (broad SMARTS) is 1. The Morgan fingerprint density at radius 3 is 2.69 bits per heavy atom. The summed E-state index contributed by atoms with van der Waals surface area (Å²) in [6.07, 6.45) is 10.2. The van der Waals surface area contributed by atoms with Crippen LogP contribution in [0.4, 0.5) is 0 Å². The Labute approximate surface area is 156 Å². The zero-order valence-corrected chi connectivity index (χ0v) is 15.7. The predicted molar refractivity (Wildman–Crippen MR) is 99.8 cm³/mol. The van der Waals surface area contributed by atoms with Crippen molar-refractivity contribution < 1.29 is 30.0 Å². The molecule has 1 aliphatic rings. The van der Waals surface area contributed by atoms with Crippen LogP contribution in [0.3, 0.4) is 0 Å². The molecule has 1 fully saturated rings. The summed E-state index contributed by atoms with van der Waals surface area (Å²) >= 11 is 0. The van der Waals surface area contributed by atoms with Crippen molar-refractivity contribution in [2.75, 3.05) is 0 Å². The van der Waals surface area contributed by atoms with Gasteiger partial charge in [0.25, 0.3) is 0 Å². The molecule has 4 N–H and O–H groups in total. The van der Waals surface area contributed by atoms with Crippen LogP contribution in [0.15, 0.2) is 24.3 Å². The minimum absolute atomic E-state index is 0.148. The van der Waals surface area contributed by atoms with E-state index in [4.69, 9.17) is 9.84 Å². The molecule has 26 heavy (non-hydrogen) atoms. The maximum atomic E-state index is 10.4. The Morgan fingerprint density at radius 2 is 2.00 bits per heavy atom. The highest BCUT2D eigenvalue weighted by Crippen LogP contribution is 2.26. The topological polar surface area (TPSA) is 107 Å². The molecule has 1 rings (SSSR count). The van der Waals surface area contributed by atoms with Gasteiger partial charge in [0, 0.05) is 12.8 Å². The van der Waals surface area contributed by atoms with Gasteiger partial charge in [-0.2, -0.15) is 0 Å². The SMILES string of the molecule is CCCCC[C@H](O)[C@H]1C[C@H](O)[C@@H](/C=C/[C@H](O)C/C=C\CCCC(=O)O)O1. The first-order valence-corrected chi connectivity index (χ1v) is 9.68. The molecule has 0 saturated carbocycles. The van der Waals surface area contributed by atoms with E-state index in [2.05, 4.69) is 6.92 Å². The summed E-state index contributed by atoms with van der Waals surface area (Å²) in [6, 6.07) is 0. The monoisotopic (exact) mass is 370 g/mol. The van der Waals surface area contributed by atoms with Gasteiger partial charge in [0.15, 0.2) is 0 Å². The molecule has 0 aromatic rings. The first kappa shape index (κ1) is 22.8. The van der Waals surface area contributed by atoms with Crippen LogP contribution in [-0.2, 0) is 9.53 Å². The fraction of sp³-hybridized carbons (Fsp3) is 0.750. The maximum Gasteiger partial charge on any atom is 0.303 e. The van der Waals surface area contributed by atoms with Gasteiger partial charge in [-0.15, -0.1) is 0 Å². The molecule has 0 radical (unpaired) electrons. The molecule has 5 atom stereocenters. The van der Waals surface area contributed by atoms with Crippen molar-refractivity contribution in [2.24, 2.45) is 0 Å². The minimum atomic E-state index is -0.801. The summed E-state index contributed by atoms with van der Waals surface area (Å²) in [5.74, 6) is -0.801. The number of carboxylic acids is 1. The number of hydrogen-bond donors (Lipinski definition) is 4. The number of carbonyl (C=O) groups is 1. The first-order chi connectivity index (χ1) is 12.4. The van der Waals surface area contributed by atoms with Crippen LogP contribution < -0.4 is 0 Å². The lowest BCUT2D eigenvalue weighted by molar-refractivity contribution is -0.137. The average Bonchev–Trinajstić information content (AvgIpc) is 2.97. The molecule has 1 aliphatic heterocycles. The molecular formula is C20H34O6. The summed E-state index contributed by atoms with van der Waals surface area (Å²) < 4.78 is 5.73. The van der Waals surface area contributed by atoms with E-state index in [1.54, 1.807) is 12.2 Å². The normalized spacial score (nSPS) is 25.9. The van der Waals surface area contributed by atoms with Gasteiger partial charge in [0.2, 0.25) is 0 Å². The van der Waals surface area contributed by atoms with Gasteiger partial charge >= 0.3 is 5.97 Å². The third kappa shape index (κ3) is 9.48. The van der Waals surface area contributed by atoms with E-state index >= 15 is 0 Å². The van der Waals surface area contributed by atoms with Gasteiger partial charge in [-0.05, 0) is 25.7 Å². The second kappa shape index (κ2) is 13.0. The van der Waals surface area contributed by atoms with Gasteiger partial charge in [0.05, 0.1) is 24.4 Å². The lowest BCUT2D eigenvalue weighted by Gasteiger charge is -2.18. The summed E-state index contributed by atoms with van der Waals surface area (Å²) in [5.41, 5.74) is 0. The van der Waals surface area contributed by atoms with E-state index in [0.29, 0.717) is 32.1 Å². The van der Waals surface area contributed by atoms with Gasteiger partial charge in [-0.1, -0.05) is 50.5 Å². The lowest BCUT2D eigenvalue weighted by atomic mass is 10.0. The molecule has 6 nitrogen and oxygen atoms in total. The van der Waals surface area contributed by atoms with Crippen molar-refractivity contribution in [3.8, 4) is 0 Å². The van der Waals surface area contributed by atoms with Crippen molar-refractivity contribution in [1.29, 1.82) is 0 Å². The number of aliphatic hydroxyl groups excluding tert-OH is 3. The molecule has 1 saturated heterocycles. The first-order valence-electron chi connectivity index (χ1n) is 9.68. The predicted octanol–water partition coefficient (Wildman–Crippen LogP) is 2.56. The molecule has 1 heterocycles. The van der Waals surface area contributed by atoms with Crippen LogP contribution >= 0.6 is 0 Å². The van der Waals surface area contributed by atoms with Crippen molar-refractivity contribution >= 4 is 5.97 Å². The number of allylic oxidation sites excluding steroid dienone is 1. The minimum Gasteiger partial charge on any atom is -0.481 e. The van der Waals surface area contributed by atoms with E-state index in [1.807, 2.05) is 12.2 Å². The third-order valence-electron chi connectivity index (χ3n) is 4.55. The molecule has 0 bridgehead atoms. The molecule has 0 aromatic heterocycles. The molecule has 150 valence electrons. The largest absolute Gasteiger partial charge is 0.481 e. The summed E-state index contributed by atoms with van der Waals surface area (Å²) in [5, 5.41) is 38.7. The standard InChI is InChI=1S/C20H34O6/c1-2-3-6-10-16(22)19-14-17(23)18(26-19)13-12-15(21)9-7-4-5-8-11-20(24)25/h4,7,12-13,15-19,21-23H,2-3,5-6,8-11,14H2,1H3,(H,24,25)/b7-4-,13-12+/t15-,16+,17+,18-,19-/m1/s1. The van der Waals surface area contributed by atoms with E-state index in [1.165, 1.54) is 0 Å². The van der Waals surface area contributed by atoms with Crippen molar-refractivity contribution in [1.82, 2.24) is 0 Å². The second-order valence-electron chi connectivity index (χ2n) is 6.95. The quantitative estimate of drug-likeness (QED) is 0.293. The summed E-state index contributed by atoms with van der Waals surface area (Å²) in [4.78, 5) is 10.4. The van der Waals surface area contributed by atoms with E-state index < -0.39 is 30.4 Å². The molecule has 0 amide bonds. The van der Waals surface area contributed by atoms with E-state index in [-0.39, 0.29) is 12.5 Å². The molecule has 0 aromatic carbocycles. The number of aliphatic carboxylic acids is 1. The fourth-order valence-electron chi connectivity index (χ4n) is 2.97. The van der Waals surface area contributed by atoms with Crippen LogP contribution in [0.5, 0.6) is 0 Å². The number of unbranched alkanes of at least 4 members (excludes halogenated alkanes) is 3. The summed E-state index contributed by atoms with van der Waals surface area (Å²) in [6.45, 7) is 2.11. The van der Waals surface area contributed by atoms with E-state index in [9.17, 15) is 20.1 Å². The fourth-order valence-corrected chi connectivity index (χ4v) is 2.97. The Morgan fingerprint density at radius 1 is 1.23 bits per heavy atom. The van der Waals surface area contributed by atoms with Crippen LogP contribution in [-0.4, -0.2) is 56.9 Å². The Bertz CT molecular complexity index is 448. The van der Waals surface area contributed by atoms with Crippen molar-refractivity contribution in [3.05, 3.63) is 24.3 Å². The number of aliphatic hydroxyl groups is 3. The average molecular weight is 370 g/mol. The molecule has 0 spiro atoms. The van der Waals surface area contributed by atoms with Gasteiger partial charge in [-0.3, -0.25) is 4.79 Å². The van der Waals surface area contributed by atoms with Crippen molar-refractivity contribution in [2.45, 2.75) is 95.2 Å². The highest BCUT2D eigenvalue weighted by atomic mass is 16.5. The molecule has 0 unspecified atom stereocenters. The molecule has 0 aliphatic carbocycles. The number of rotatable bonds is 13. The maximum absolute atomic E-state index is 10.4. The Hall–Kier alpha value is -1.21. The number of ether oxygens (including phenoxy) is 1.